The number of carbonyl (C=O) groups is 2. The molecule has 0 aromatic heterocycles. The summed E-state index contributed by atoms with van der Waals surface area (Å²) in [6.07, 6.45) is 0. The number of primary amides is 1. The van der Waals surface area contributed by atoms with Crippen LogP contribution in [0.4, 0.5) is 10.1 Å². The fourth-order valence-electron chi connectivity index (χ4n) is 1.67. The van der Waals surface area contributed by atoms with Crippen LogP contribution in [0.5, 0.6) is 5.75 Å². The summed E-state index contributed by atoms with van der Waals surface area (Å²) in [5.74, 6) is -1.22. The molecule has 3 N–H and O–H groups in total. The lowest BCUT2D eigenvalue weighted by atomic mass is 10.2. The fraction of sp³-hybridized carbons (Fsp3) is 0.0667. The van der Waals surface area contributed by atoms with Gasteiger partial charge in [-0.05, 0) is 36.4 Å². The summed E-state index contributed by atoms with van der Waals surface area (Å²) in [7, 11) is 0. The summed E-state index contributed by atoms with van der Waals surface area (Å²) < 4.78 is 18.0. The lowest BCUT2D eigenvalue weighted by Gasteiger charge is -2.09. The number of carbonyl (C=O) groups excluding carboxylic acids is 2. The smallest absolute Gasteiger partial charge is 0.262 e. The van der Waals surface area contributed by atoms with Crippen LogP contribution in [0.2, 0.25) is 0 Å². The van der Waals surface area contributed by atoms with Gasteiger partial charge in [-0.3, -0.25) is 9.59 Å². The zero-order chi connectivity index (χ0) is 15.2. The van der Waals surface area contributed by atoms with Crippen LogP contribution in [-0.4, -0.2) is 18.4 Å². The Hall–Kier alpha value is -2.89. The summed E-state index contributed by atoms with van der Waals surface area (Å²) in [5.41, 5.74) is 5.86. The number of amides is 2. The summed E-state index contributed by atoms with van der Waals surface area (Å²) in [4.78, 5) is 22.9. The molecule has 0 fully saturated rings. The van der Waals surface area contributed by atoms with Crippen LogP contribution in [0, 0.1) is 5.82 Å². The first kappa shape index (κ1) is 14.5. The molecule has 108 valence electrons. The predicted octanol–water partition coefficient (Wildman–Crippen LogP) is 1.94. The molecule has 0 unspecified atom stereocenters. The van der Waals surface area contributed by atoms with Gasteiger partial charge in [0.05, 0.1) is 5.56 Å². The molecule has 0 saturated heterocycles. The minimum Gasteiger partial charge on any atom is -0.483 e. The van der Waals surface area contributed by atoms with Crippen molar-refractivity contribution in [1.29, 1.82) is 0 Å². The van der Waals surface area contributed by atoms with Crippen LogP contribution < -0.4 is 15.8 Å². The maximum absolute atomic E-state index is 12.7. The number of halogens is 1. The van der Waals surface area contributed by atoms with E-state index in [1.54, 1.807) is 18.2 Å². The van der Waals surface area contributed by atoms with Gasteiger partial charge < -0.3 is 15.8 Å². The largest absolute Gasteiger partial charge is 0.483 e. The molecule has 2 aromatic rings. The van der Waals surface area contributed by atoms with E-state index < -0.39 is 11.8 Å². The zero-order valence-corrected chi connectivity index (χ0v) is 11.0. The van der Waals surface area contributed by atoms with Crippen molar-refractivity contribution in [2.75, 3.05) is 11.9 Å². The number of nitrogens with one attached hydrogen (secondary N) is 1. The van der Waals surface area contributed by atoms with E-state index in [1.165, 1.54) is 30.3 Å². The first-order valence-electron chi connectivity index (χ1n) is 6.13. The molecule has 0 saturated carbocycles. The Kier molecular flexibility index (Phi) is 4.50. The highest BCUT2D eigenvalue weighted by Gasteiger charge is 2.10. The molecule has 0 aliphatic carbocycles. The van der Waals surface area contributed by atoms with E-state index in [9.17, 15) is 14.0 Å². The van der Waals surface area contributed by atoms with Gasteiger partial charge in [0.1, 0.15) is 11.6 Å². The van der Waals surface area contributed by atoms with Crippen LogP contribution in [0.3, 0.4) is 0 Å². The first-order valence-corrected chi connectivity index (χ1v) is 6.13. The maximum atomic E-state index is 12.7. The highest BCUT2D eigenvalue weighted by atomic mass is 19.1. The van der Waals surface area contributed by atoms with Crippen molar-refractivity contribution in [3.05, 3.63) is 59.9 Å². The Balaban J connectivity index is 1.95. The van der Waals surface area contributed by atoms with Gasteiger partial charge in [0.15, 0.2) is 6.61 Å². The molecule has 2 amide bonds. The quantitative estimate of drug-likeness (QED) is 0.882. The van der Waals surface area contributed by atoms with Crippen LogP contribution in [-0.2, 0) is 4.79 Å². The molecule has 0 aliphatic rings. The van der Waals surface area contributed by atoms with Gasteiger partial charge >= 0.3 is 0 Å². The standard InChI is InChI=1S/C15H13FN2O3/c16-10-5-7-11(8-6-10)18-14(19)9-21-13-4-2-1-3-12(13)15(17)20/h1-8H,9H2,(H2,17,20)(H,18,19). The Morgan fingerprint density at radius 1 is 1.10 bits per heavy atom. The second-order valence-corrected chi connectivity index (χ2v) is 4.20. The zero-order valence-electron chi connectivity index (χ0n) is 11.0. The van der Waals surface area contributed by atoms with Crippen LogP contribution in [0.15, 0.2) is 48.5 Å². The third-order valence-electron chi connectivity index (χ3n) is 2.64. The molecule has 5 nitrogen and oxygen atoms in total. The average molecular weight is 288 g/mol. The number of nitrogens with two attached hydrogens (primary N) is 1. The van der Waals surface area contributed by atoms with Crippen LogP contribution >= 0.6 is 0 Å². The normalized spacial score (nSPS) is 9.95. The van der Waals surface area contributed by atoms with Crippen molar-refractivity contribution in [2.45, 2.75) is 0 Å². The number of para-hydroxylation sites is 1. The molecular formula is C15H13FN2O3. The molecule has 0 aliphatic heterocycles. The van der Waals surface area contributed by atoms with Crippen molar-refractivity contribution in [1.82, 2.24) is 0 Å². The topological polar surface area (TPSA) is 81.4 Å². The molecular weight excluding hydrogens is 275 g/mol. The van der Waals surface area contributed by atoms with E-state index >= 15 is 0 Å². The maximum Gasteiger partial charge on any atom is 0.262 e. The summed E-state index contributed by atoms with van der Waals surface area (Å²) in [6.45, 7) is -0.290. The number of hydrogen-bond donors (Lipinski definition) is 2. The first-order chi connectivity index (χ1) is 10.1. The molecule has 0 spiro atoms. The predicted molar refractivity (Wildman–Crippen MR) is 75.5 cm³/mol. The van der Waals surface area contributed by atoms with Crippen LogP contribution in [0.1, 0.15) is 10.4 Å². The SMILES string of the molecule is NC(=O)c1ccccc1OCC(=O)Nc1ccc(F)cc1. The molecule has 6 heteroatoms. The van der Waals surface area contributed by atoms with Gasteiger partial charge in [0.25, 0.3) is 11.8 Å². The number of anilines is 1. The average Bonchev–Trinajstić information content (AvgIpc) is 2.48. The fourth-order valence-corrected chi connectivity index (χ4v) is 1.67. The lowest BCUT2D eigenvalue weighted by Crippen LogP contribution is -2.21. The van der Waals surface area contributed by atoms with Crippen molar-refractivity contribution in [2.24, 2.45) is 5.73 Å². The number of benzene rings is 2. The second-order valence-electron chi connectivity index (χ2n) is 4.20. The third kappa shape index (κ3) is 4.04. The Labute approximate surface area is 120 Å². The lowest BCUT2D eigenvalue weighted by molar-refractivity contribution is -0.118. The van der Waals surface area contributed by atoms with Gasteiger partial charge in [-0.25, -0.2) is 4.39 Å². The van der Waals surface area contributed by atoms with E-state index in [1.807, 2.05) is 0 Å². The van der Waals surface area contributed by atoms with Gasteiger partial charge in [0.2, 0.25) is 0 Å². The number of rotatable bonds is 5. The van der Waals surface area contributed by atoms with Crippen LogP contribution in [0.25, 0.3) is 0 Å². The van der Waals surface area contributed by atoms with Gasteiger partial charge in [-0.2, -0.15) is 0 Å². The van der Waals surface area contributed by atoms with Crippen molar-refractivity contribution in [3.63, 3.8) is 0 Å². The van der Waals surface area contributed by atoms with E-state index in [0.29, 0.717) is 5.69 Å². The highest BCUT2D eigenvalue weighted by molar-refractivity contribution is 5.96. The van der Waals surface area contributed by atoms with Crippen molar-refractivity contribution in [3.8, 4) is 5.75 Å². The monoisotopic (exact) mass is 288 g/mol. The molecule has 0 atom stereocenters. The molecule has 0 radical (unpaired) electrons. The summed E-state index contributed by atoms with van der Waals surface area (Å²) >= 11 is 0. The minimum atomic E-state index is -0.635. The Bertz CT molecular complexity index is 656. The molecule has 21 heavy (non-hydrogen) atoms. The summed E-state index contributed by atoms with van der Waals surface area (Å²) in [5, 5.41) is 2.54. The summed E-state index contributed by atoms with van der Waals surface area (Å²) in [6, 6.07) is 11.7. The van der Waals surface area contributed by atoms with Gasteiger partial charge in [-0.1, -0.05) is 12.1 Å². The highest BCUT2D eigenvalue weighted by Crippen LogP contribution is 2.17. The van der Waals surface area contributed by atoms with E-state index in [2.05, 4.69) is 5.32 Å². The van der Waals surface area contributed by atoms with Gasteiger partial charge in [0, 0.05) is 5.69 Å². The molecule has 0 bridgehead atoms. The molecule has 0 heterocycles. The van der Waals surface area contributed by atoms with Crippen molar-refractivity contribution < 1.29 is 18.7 Å². The van der Waals surface area contributed by atoms with Crippen molar-refractivity contribution >= 4 is 17.5 Å². The third-order valence-corrected chi connectivity index (χ3v) is 2.64. The van der Waals surface area contributed by atoms with E-state index in [0.717, 1.165) is 0 Å². The number of ether oxygens (including phenoxy) is 1. The molecule has 2 aromatic carbocycles. The van der Waals surface area contributed by atoms with E-state index in [4.69, 9.17) is 10.5 Å². The Morgan fingerprint density at radius 3 is 2.43 bits per heavy atom. The number of hydrogen-bond acceptors (Lipinski definition) is 3. The second kappa shape index (κ2) is 6.51. The molecule has 2 rings (SSSR count). The Morgan fingerprint density at radius 2 is 1.76 bits per heavy atom. The minimum absolute atomic E-state index is 0.201. The van der Waals surface area contributed by atoms with Gasteiger partial charge in [-0.15, -0.1) is 0 Å². The van der Waals surface area contributed by atoms with E-state index in [-0.39, 0.29) is 23.7 Å².